The Morgan fingerprint density at radius 1 is 1.33 bits per heavy atom. The first kappa shape index (κ1) is 13.3. The summed E-state index contributed by atoms with van der Waals surface area (Å²) in [5.74, 6) is 0.657. The zero-order valence-corrected chi connectivity index (χ0v) is 12.1. The average molecular weight is 248 g/mol. The summed E-state index contributed by atoms with van der Waals surface area (Å²) in [5.41, 5.74) is 1.44. The van der Waals surface area contributed by atoms with E-state index in [0.29, 0.717) is 12.0 Å². The molecule has 100 valence electrons. The van der Waals surface area contributed by atoms with E-state index in [1.165, 1.54) is 31.6 Å². The van der Waals surface area contributed by atoms with Crippen LogP contribution in [0.3, 0.4) is 0 Å². The van der Waals surface area contributed by atoms with Gasteiger partial charge in [-0.05, 0) is 39.3 Å². The quantitative estimate of drug-likeness (QED) is 0.755. The molecule has 0 N–H and O–H groups in total. The lowest BCUT2D eigenvalue weighted by Gasteiger charge is -2.34. The van der Waals surface area contributed by atoms with Crippen LogP contribution in [-0.4, -0.2) is 38.1 Å². The van der Waals surface area contributed by atoms with Crippen LogP contribution >= 0.6 is 0 Å². The molecule has 1 aromatic heterocycles. The highest BCUT2D eigenvalue weighted by molar-refractivity contribution is 5.06. The van der Waals surface area contributed by atoms with Crippen LogP contribution in [0.15, 0.2) is 24.4 Å². The number of piperidine rings is 1. The molecule has 0 saturated carbocycles. The predicted molar refractivity (Wildman–Crippen MR) is 75.4 cm³/mol. The number of hydrogen-bond donors (Lipinski definition) is 0. The van der Waals surface area contributed by atoms with Gasteiger partial charge in [0, 0.05) is 24.7 Å². The van der Waals surface area contributed by atoms with Gasteiger partial charge in [-0.3, -0.25) is 0 Å². The molecule has 1 saturated heterocycles. The molecule has 1 atom stereocenters. The molecule has 1 fully saturated rings. The maximum Gasteiger partial charge on any atom is 0.216 e. The molecule has 0 aromatic carbocycles. The van der Waals surface area contributed by atoms with Crippen molar-refractivity contribution in [3.63, 3.8) is 0 Å². The van der Waals surface area contributed by atoms with Crippen LogP contribution in [0.2, 0.25) is 0 Å². The van der Waals surface area contributed by atoms with E-state index in [0.717, 1.165) is 0 Å². The molecule has 0 aliphatic carbocycles. The average Bonchev–Trinajstić information content (AvgIpc) is 2.39. The number of likely N-dealkylation sites (tertiary alicyclic amines) is 1. The zero-order chi connectivity index (χ0) is 13.1. The molecule has 1 aliphatic heterocycles. The molecule has 1 aliphatic rings. The van der Waals surface area contributed by atoms with Gasteiger partial charge in [0.25, 0.3) is 0 Å². The van der Waals surface area contributed by atoms with Crippen molar-refractivity contribution in [3.05, 3.63) is 30.1 Å². The first-order valence-corrected chi connectivity index (χ1v) is 7.02. The van der Waals surface area contributed by atoms with Crippen LogP contribution in [0.25, 0.3) is 0 Å². The van der Waals surface area contributed by atoms with Crippen molar-refractivity contribution in [2.75, 3.05) is 32.2 Å². The molecule has 0 spiro atoms. The molecule has 2 rings (SSSR count). The standard InChI is InChI=1S/C15H26N3/c1-13(2)17-10-7-8-14(12-17)15-9-5-6-11-18(15)16(3)4/h5-6,9,11,13-14H,7-8,10,12H2,1-4H3/q+1. The minimum Gasteiger partial charge on any atom is -0.300 e. The Labute approximate surface area is 111 Å². The van der Waals surface area contributed by atoms with Gasteiger partial charge in [0.2, 0.25) is 5.69 Å². The second-order valence-corrected chi connectivity index (χ2v) is 5.75. The topological polar surface area (TPSA) is 10.4 Å². The minimum atomic E-state index is 0.657. The van der Waals surface area contributed by atoms with Crippen molar-refractivity contribution < 1.29 is 4.68 Å². The number of nitrogens with zero attached hydrogens (tertiary/aromatic N) is 3. The van der Waals surface area contributed by atoms with Crippen molar-refractivity contribution in [1.29, 1.82) is 0 Å². The summed E-state index contributed by atoms with van der Waals surface area (Å²) in [4.78, 5) is 2.60. The molecule has 2 heterocycles. The van der Waals surface area contributed by atoms with Gasteiger partial charge in [-0.25, -0.2) is 0 Å². The summed E-state index contributed by atoms with van der Waals surface area (Å²) < 4.78 is 2.27. The third-order valence-electron chi connectivity index (χ3n) is 3.90. The van der Waals surface area contributed by atoms with Gasteiger partial charge in [-0.15, -0.1) is 0 Å². The van der Waals surface area contributed by atoms with Gasteiger partial charge in [-0.1, -0.05) is 4.68 Å². The van der Waals surface area contributed by atoms with Crippen molar-refractivity contribution in [3.8, 4) is 0 Å². The van der Waals surface area contributed by atoms with Gasteiger partial charge < -0.3 is 4.90 Å². The Morgan fingerprint density at radius 2 is 2.11 bits per heavy atom. The maximum atomic E-state index is 2.60. The van der Waals surface area contributed by atoms with E-state index in [1.54, 1.807) is 0 Å². The van der Waals surface area contributed by atoms with E-state index in [2.05, 4.69) is 66.9 Å². The third-order valence-corrected chi connectivity index (χ3v) is 3.90. The fourth-order valence-electron chi connectivity index (χ4n) is 2.85. The van der Waals surface area contributed by atoms with Crippen LogP contribution in [0.5, 0.6) is 0 Å². The number of pyridine rings is 1. The van der Waals surface area contributed by atoms with Crippen molar-refractivity contribution in [2.45, 2.75) is 38.6 Å². The molecule has 1 aromatic rings. The van der Waals surface area contributed by atoms with Gasteiger partial charge in [-0.2, -0.15) is 5.01 Å². The Hall–Kier alpha value is -1.09. The Balaban J connectivity index is 2.20. The van der Waals surface area contributed by atoms with Crippen molar-refractivity contribution in [1.82, 2.24) is 4.90 Å². The molecule has 3 nitrogen and oxygen atoms in total. The lowest BCUT2D eigenvalue weighted by atomic mass is 9.93. The van der Waals surface area contributed by atoms with E-state index >= 15 is 0 Å². The van der Waals surface area contributed by atoms with E-state index in [9.17, 15) is 0 Å². The molecule has 3 heteroatoms. The molecule has 18 heavy (non-hydrogen) atoms. The second kappa shape index (κ2) is 5.70. The molecular formula is C15H26N3+. The predicted octanol–water partition coefficient (Wildman–Crippen LogP) is 1.76. The van der Waals surface area contributed by atoms with Crippen molar-refractivity contribution in [2.24, 2.45) is 0 Å². The fraction of sp³-hybridized carbons (Fsp3) is 0.667. The molecule has 0 amide bonds. The fourth-order valence-corrected chi connectivity index (χ4v) is 2.85. The van der Waals surface area contributed by atoms with Gasteiger partial charge >= 0.3 is 0 Å². The minimum absolute atomic E-state index is 0.657. The van der Waals surface area contributed by atoms with E-state index in [4.69, 9.17) is 0 Å². The summed E-state index contributed by atoms with van der Waals surface area (Å²) >= 11 is 0. The van der Waals surface area contributed by atoms with E-state index < -0.39 is 0 Å². The summed E-state index contributed by atoms with van der Waals surface area (Å²) in [6, 6.07) is 7.19. The third kappa shape index (κ3) is 2.83. The Bertz CT molecular complexity index is 387. The highest BCUT2D eigenvalue weighted by Gasteiger charge is 2.29. The zero-order valence-electron chi connectivity index (χ0n) is 12.1. The summed E-state index contributed by atoms with van der Waals surface area (Å²) in [6.45, 7) is 7.04. The SMILES string of the molecule is CC(C)N1CCCC(c2cccc[n+]2N(C)C)C1. The number of rotatable bonds is 3. The lowest BCUT2D eigenvalue weighted by molar-refractivity contribution is -0.696. The molecular weight excluding hydrogens is 222 g/mol. The van der Waals surface area contributed by atoms with Crippen LogP contribution in [0, 0.1) is 0 Å². The largest absolute Gasteiger partial charge is 0.300 e. The van der Waals surface area contributed by atoms with Crippen LogP contribution < -0.4 is 9.69 Å². The smallest absolute Gasteiger partial charge is 0.216 e. The van der Waals surface area contributed by atoms with E-state index in [-0.39, 0.29) is 0 Å². The first-order valence-electron chi connectivity index (χ1n) is 7.02. The second-order valence-electron chi connectivity index (χ2n) is 5.75. The maximum absolute atomic E-state index is 2.60. The van der Waals surface area contributed by atoms with E-state index in [1.807, 2.05) is 0 Å². The molecule has 0 radical (unpaired) electrons. The van der Waals surface area contributed by atoms with Gasteiger partial charge in [0.15, 0.2) is 6.20 Å². The first-order chi connectivity index (χ1) is 8.59. The monoisotopic (exact) mass is 248 g/mol. The van der Waals surface area contributed by atoms with Gasteiger partial charge in [0.1, 0.15) is 0 Å². The Kier molecular flexibility index (Phi) is 4.23. The Morgan fingerprint density at radius 3 is 2.78 bits per heavy atom. The van der Waals surface area contributed by atoms with Gasteiger partial charge in [0.05, 0.1) is 20.0 Å². The van der Waals surface area contributed by atoms with Crippen molar-refractivity contribution >= 4 is 0 Å². The molecule has 1 unspecified atom stereocenters. The summed E-state index contributed by atoms with van der Waals surface area (Å²) in [5, 5.41) is 2.16. The summed E-state index contributed by atoms with van der Waals surface area (Å²) in [7, 11) is 4.21. The number of aromatic nitrogens is 1. The van der Waals surface area contributed by atoms with Crippen LogP contribution in [-0.2, 0) is 0 Å². The lowest BCUT2D eigenvalue weighted by Crippen LogP contribution is -2.57. The highest BCUT2D eigenvalue weighted by Crippen LogP contribution is 2.25. The number of hydrogen-bond acceptors (Lipinski definition) is 2. The summed E-state index contributed by atoms with van der Waals surface area (Å²) in [6.07, 6.45) is 4.77. The normalized spacial score (nSPS) is 21.3. The highest BCUT2D eigenvalue weighted by atomic mass is 15.5. The van der Waals surface area contributed by atoms with Crippen LogP contribution in [0.1, 0.15) is 38.3 Å². The van der Waals surface area contributed by atoms with Crippen LogP contribution in [0.4, 0.5) is 0 Å². The molecule has 0 bridgehead atoms.